The molecule has 0 radical (unpaired) electrons. The van der Waals surface area contributed by atoms with Crippen LogP contribution in [0.2, 0.25) is 0 Å². The van der Waals surface area contributed by atoms with Gasteiger partial charge in [-0.15, -0.1) is 0 Å². The zero-order chi connectivity index (χ0) is 15.7. The summed E-state index contributed by atoms with van der Waals surface area (Å²) in [6.45, 7) is 7.46. The van der Waals surface area contributed by atoms with Crippen molar-refractivity contribution in [2.45, 2.75) is 70.5 Å². The van der Waals surface area contributed by atoms with Crippen LogP contribution < -0.4 is 0 Å². The maximum absolute atomic E-state index is 12.7. The van der Waals surface area contributed by atoms with Crippen molar-refractivity contribution in [2.75, 3.05) is 26.2 Å². The molecule has 3 unspecified atom stereocenters. The van der Waals surface area contributed by atoms with Crippen LogP contribution in [0, 0.1) is 0 Å². The third kappa shape index (κ3) is 2.87. The maximum Gasteiger partial charge on any atom is 0.239 e. The Morgan fingerprint density at radius 1 is 0.909 bits per heavy atom. The van der Waals surface area contributed by atoms with E-state index in [9.17, 15) is 9.59 Å². The van der Waals surface area contributed by atoms with E-state index in [4.69, 9.17) is 0 Å². The van der Waals surface area contributed by atoms with E-state index in [1.807, 2.05) is 9.80 Å². The monoisotopic (exact) mass is 307 g/mol. The third-order valence-electron chi connectivity index (χ3n) is 5.76. The standard InChI is InChI=1S/C17H29N3O2/c1-13(17(22)18-9-3-4-10-18)19-11-5-7-15(19)16-8-6-12-20(16)14(2)21/h13,15-16H,3-12H2,1-2H3. The highest BCUT2D eigenvalue weighted by Gasteiger charge is 2.42. The molecule has 3 aliphatic rings. The average Bonchev–Trinajstić information content (AvgIpc) is 3.24. The maximum atomic E-state index is 12.7. The molecule has 3 fully saturated rings. The molecule has 0 saturated carbocycles. The summed E-state index contributed by atoms with van der Waals surface area (Å²) in [5.41, 5.74) is 0. The van der Waals surface area contributed by atoms with Crippen LogP contribution in [0.15, 0.2) is 0 Å². The van der Waals surface area contributed by atoms with Gasteiger partial charge in [0.1, 0.15) is 0 Å². The number of rotatable bonds is 3. The molecular weight excluding hydrogens is 278 g/mol. The molecule has 0 aromatic heterocycles. The van der Waals surface area contributed by atoms with Gasteiger partial charge in [0, 0.05) is 38.6 Å². The normalized spacial score (nSPS) is 31.0. The van der Waals surface area contributed by atoms with Crippen LogP contribution in [0.1, 0.15) is 52.4 Å². The van der Waals surface area contributed by atoms with Gasteiger partial charge in [0.25, 0.3) is 0 Å². The molecule has 5 nitrogen and oxygen atoms in total. The predicted octanol–water partition coefficient (Wildman–Crippen LogP) is 1.47. The fraction of sp³-hybridized carbons (Fsp3) is 0.882. The van der Waals surface area contributed by atoms with E-state index < -0.39 is 0 Å². The zero-order valence-corrected chi connectivity index (χ0v) is 14.0. The Morgan fingerprint density at radius 3 is 2.23 bits per heavy atom. The Bertz CT molecular complexity index is 434. The van der Waals surface area contributed by atoms with Crippen LogP contribution in [0.5, 0.6) is 0 Å². The van der Waals surface area contributed by atoms with Crippen LogP contribution in [0.3, 0.4) is 0 Å². The fourth-order valence-corrected chi connectivity index (χ4v) is 4.64. The van der Waals surface area contributed by atoms with E-state index >= 15 is 0 Å². The van der Waals surface area contributed by atoms with Gasteiger partial charge in [-0.25, -0.2) is 0 Å². The number of hydrogen-bond donors (Lipinski definition) is 0. The van der Waals surface area contributed by atoms with E-state index in [1.54, 1.807) is 6.92 Å². The molecule has 3 rings (SSSR count). The van der Waals surface area contributed by atoms with Gasteiger partial charge in [-0.1, -0.05) is 0 Å². The molecule has 0 aliphatic carbocycles. The molecule has 3 atom stereocenters. The summed E-state index contributed by atoms with van der Waals surface area (Å²) < 4.78 is 0. The van der Waals surface area contributed by atoms with E-state index in [0.717, 1.165) is 64.7 Å². The van der Waals surface area contributed by atoms with Gasteiger partial charge in [0.15, 0.2) is 0 Å². The Labute approximate surface area is 133 Å². The van der Waals surface area contributed by atoms with Crippen molar-refractivity contribution >= 4 is 11.8 Å². The number of amides is 2. The second-order valence-electron chi connectivity index (χ2n) is 7.08. The van der Waals surface area contributed by atoms with Crippen LogP contribution in [0.4, 0.5) is 0 Å². The van der Waals surface area contributed by atoms with Gasteiger partial charge in [0.2, 0.25) is 11.8 Å². The number of likely N-dealkylation sites (tertiary alicyclic amines) is 3. The molecule has 3 heterocycles. The van der Waals surface area contributed by atoms with E-state index in [2.05, 4.69) is 11.8 Å². The van der Waals surface area contributed by atoms with Crippen molar-refractivity contribution in [3.8, 4) is 0 Å². The van der Waals surface area contributed by atoms with Crippen molar-refractivity contribution < 1.29 is 9.59 Å². The van der Waals surface area contributed by atoms with Crippen LogP contribution in [-0.2, 0) is 9.59 Å². The minimum atomic E-state index is -0.0417. The first-order valence-electron chi connectivity index (χ1n) is 8.91. The van der Waals surface area contributed by atoms with Crippen molar-refractivity contribution in [3.05, 3.63) is 0 Å². The molecule has 5 heteroatoms. The summed E-state index contributed by atoms with van der Waals surface area (Å²) in [5, 5.41) is 0. The van der Waals surface area contributed by atoms with Gasteiger partial charge in [-0.05, 0) is 52.0 Å². The molecule has 22 heavy (non-hydrogen) atoms. The number of carbonyl (C=O) groups is 2. The Kier molecular flexibility index (Phi) is 4.71. The molecule has 0 spiro atoms. The average molecular weight is 307 g/mol. The fourth-order valence-electron chi connectivity index (χ4n) is 4.64. The summed E-state index contributed by atoms with van der Waals surface area (Å²) in [6.07, 6.45) is 6.73. The highest BCUT2D eigenvalue weighted by atomic mass is 16.2. The van der Waals surface area contributed by atoms with Crippen molar-refractivity contribution in [1.29, 1.82) is 0 Å². The lowest BCUT2D eigenvalue weighted by atomic mass is 10.0. The van der Waals surface area contributed by atoms with Crippen LogP contribution in [0.25, 0.3) is 0 Å². The van der Waals surface area contributed by atoms with E-state index in [0.29, 0.717) is 12.1 Å². The van der Waals surface area contributed by atoms with E-state index in [1.165, 1.54) is 0 Å². The molecular formula is C17H29N3O2. The van der Waals surface area contributed by atoms with Gasteiger partial charge in [-0.2, -0.15) is 0 Å². The van der Waals surface area contributed by atoms with Crippen LogP contribution >= 0.6 is 0 Å². The SMILES string of the molecule is CC(=O)N1CCCC1C1CCCN1C(C)C(=O)N1CCCC1. The number of nitrogens with zero attached hydrogens (tertiary/aromatic N) is 3. The van der Waals surface area contributed by atoms with E-state index in [-0.39, 0.29) is 17.9 Å². The van der Waals surface area contributed by atoms with Crippen molar-refractivity contribution in [1.82, 2.24) is 14.7 Å². The first kappa shape index (κ1) is 15.8. The second-order valence-corrected chi connectivity index (χ2v) is 7.08. The molecule has 3 aliphatic heterocycles. The molecule has 0 aromatic rings. The first-order valence-corrected chi connectivity index (χ1v) is 8.91. The largest absolute Gasteiger partial charge is 0.341 e. The molecule has 0 bridgehead atoms. The minimum absolute atomic E-state index is 0.0417. The Hall–Kier alpha value is -1.10. The lowest BCUT2D eigenvalue weighted by Gasteiger charge is -2.38. The first-order chi connectivity index (χ1) is 10.6. The molecule has 0 aromatic carbocycles. The van der Waals surface area contributed by atoms with Gasteiger partial charge in [0.05, 0.1) is 6.04 Å². The number of carbonyl (C=O) groups excluding carboxylic acids is 2. The van der Waals surface area contributed by atoms with Crippen molar-refractivity contribution in [3.63, 3.8) is 0 Å². The summed E-state index contributed by atoms with van der Waals surface area (Å²) in [4.78, 5) is 31.0. The van der Waals surface area contributed by atoms with Crippen LogP contribution in [-0.4, -0.2) is 70.8 Å². The summed E-state index contributed by atoms with van der Waals surface area (Å²) >= 11 is 0. The molecule has 2 amide bonds. The molecule has 3 saturated heterocycles. The highest BCUT2D eigenvalue weighted by Crippen LogP contribution is 2.32. The summed E-state index contributed by atoms with van der Waals surface area (Å²) in [5.74, 6) is 0.477. The molecule has 0 N–H and O–H groups in total. The Morgan fingerprint density at radius 2 is 1.55 bits per heavy atom. The second kappa shape index (κ2) is 6.57. The summed E-state index contributed by atoms with van der Waals surface area (Å²) in [6, 6.07) is 0.641. The van der Waals surface area contributed by atoms with Gasteiger partial charge in [-0.3, -0.25) is 14.5 Å². The quantitative estimate of drug-likeness (QED) is 0.793. The van der Waals surface area contributed by atoms with Gasteiger partial charge < -0.3 is 9.80 Å². The topological polar surface area (TPSA) is 43.9 Å². The smallest absolute Gasteiger partial charge is 0.239 e. The third-order valence-corrected chi connectivity index (χ3v) is 5.76. The minimum Gasteiger partial charge on any atom is -0.341 e. The Balaban J connectivity index is 1.69. The lowest BCUT2D eigenvalue weighted by Crippen LogP contribution is -2.54. The van der Waals surface area contributed by atoms with Gasteiger partial charge >= 0.3 is 0 Å². The molecule has 124 valence electrons. The lowest BCUT2D eigenvalue weighted by molar-refractivity contribution is -0.136. The zero-order valence-electron chi connectivity index (χ0n) is 14.0. The van der Waals surface area contributed by atoms with Crippen molar-refractivity contribution in [2.24, 2.45) is 0 Å². The summed E-state index contributed by atoms with van der Waals surface area (Å²) in [7, 11) is 0. The highest BCUT2D eigenvalue weighted by molar-refractivity contribution is 5.81. The number of hydrogen-bond acceptors (Lipinski definition) is 3. The predicted molar refractivity (Wildman–Crippen MR) is 85.4 cm³/mol.